The van der Waals surface area contributed by atoms with Gasteiger partial charge in [-0.3, -0.25) is 9.63 Å². The molecular weight excluding hydrogens is 511 g/mol. The number of carbonyl (C=O) groups excluding carboxylic acids is 1. The maximum Gasteiger partial charge on any atom is 0.422 e. The summed E-state index contributed by atoms with van der Waals surface area (Å²) in [6.45, 7) is 7.95. The predicted octanol–water partition coefficient (Wildman–Crippen LogP) is 7.05. The smallest absolute Gasteiger partial charge is 0.422 e. The van der Waals surface area contributed by atoms with E-state index in [1.54, 1.807) is 12.1 Å². The molecule has 0 aromatic heterocycles. The maximum atomic E-state index is 13.4. The maximum absolute atomic E-state index is 13.4. The summed E-state index contributed by atoms with van der Waals surface area (Å²) in [5.41, 5.74) is 3.41. The Hall–Kier alpha value is -2.78. The highest BCUT2D eigenvalue weighted by molar-refractivity contribution is 5.75. The van der Waals surface area contributed by atoms with Crippen molar-refractivity contribution in [2.24, 2.45) is 5.92 Å². The molecule has 1 spiro atoms. The number of hydrogen-bond acceptors (Lipinski definition) is 6. The second kappa shape index (κ2) is 11.4. The van der Waals surface area contributed by atoms with Crippen LogP contribution in [0.4, 0.5) is 13.2 Å². The Kier molecular flexibility index (Phi) is 8.52. The van der Waals surface area contributed by atoms with Gasteiger partial charge in [-0.1, -0.05) is 30.3 Å². The molecule has 2 aromatic carbocycles. The Bertz CT molecular complexity index is 1130. The van der Waals surface area contributed by atoms with E-state index < -0.39 is 35.9 Å². The fraction of sp³-hybridized carbons (Fsp3) is 0.567. The first kappa shape index (κ1) is 29.2. The van der Waals surface area contributed by atoms with Crippen molar-refractivity contribution in [1.29, 1.82) is 0 Å². The number of rotatable bonds is 7. The quantitative estimate of drug-likeness (QED) is 0.374. The van der Waals surface area contributed by atoms with Crippen LogP contribution in [0.1, 0.15) is 83.4 Å². The molecule has 4 atom stereocenters. The Morgan fingerprint density at radius 3 is 2.49 bits per heavy atom. The van der Waals surface area contributed by atoms with Crippen LogP contribution in [0.3, 0.4) is 0 Å². The summed E-state index contributed by atoms with van der Waals surface area (Å²) in [7, 11) is 0. The number of alkyl halides is 3. The van der Waals surface area contributed by atoms with Gasteiger partial charge in [-0.2, -0.15) is 18.7 Å². The number of hydrogen-bond donors (Lipinski definition) is 1. The molecule has 1 heterocycles. The summed E-state index contributed by atoms with van der Waals surface area (Å²) in [6.07, 6.45) is -1.96. The predicted molar refractivity (Wildman–Crippen MR) is 140 cm³/mol. The third-order valence-corrected chi connectivity index (χ3v) is 7.03. The molecule has 0 bridgehead atoms. The number of ether oxygens (including phenoxy) is 3. The normalized spacial score (nSPS) is 25.6. The topological polar surface area (TPSA) is 66.0 Å². The van der Waals surface area contributed by atoms with Gasteiger partial charge in [0.25, 0.3) is 0 Å². The number of nitrogens with one attached hydrogen (secondary N) is 1. The molecule has 2 aliphatic rings. The average Bonchev–Trinajstić information content (AvgIpc) is 3.25. The van der Waals surface area contributed by atoms with Crippen molar-refractivity contribution in [2.75, 3.05) is 6.61 Å². The first-order valence-electron chi connectivity index (χ1n) is 13.5. The summed E-state index contributed by atoms with van der Waals surface area (Å²) < 4.78 is 55.4. The lowest BCUT2D eigenvalue weighted by Gasteiger charge is -2.44. The van der Waals surface area contributed by atoms with Crippen LogP contribution >= 0.6 is 0 Å². The van der Waals surface area contributed by atoms with Gasteiger partial charge in [-0.25, -0.2) is 0 Å². The lowest BCUT2D eigenvalue weighted by Crippen LogP contribution is -2.47. The molecule has 1 aliphatic carbocycles. The van der Waals surface area contributed by atoms with E-state index >= 15 is 0 Å². The van der Waals surface area contributed by atoms with Crippen LogP contribution in [0.15, 0.2) is 48.5 Å². The summed E-state index contributed by atoms with van der Waals surface area (Å²) >= 11 is 0. The van der Waals surface area contributed by atoms with Gasteiger partial charge in [-0.05, 0) is 77.6 Å². The second-order valence-corrected chi connectivity index (χ2v) is 11.7. The molecule has 2 fully saturated rings. The zero-order chi connectivity index (χ0) is 28.4. The van der Waals surface area contributed by atoms with Crippen molar-refractivity contribution in [3.8, 4) is 11.5 Å². The highest BCUT2D eigenvalue weighted by Crippen LogP contribution is 2.54. The van der Waals surface area contributed by atoms with E-state index in [0.29, 0.717) is 30.6 Å². The number of halogens is 3. The number of benzene rings is 2. The lowest BCUT2D eigenvalue weighted by molar-refractivity contribution is -0.170. The molecule has 0 amide bonds. The number of carbonyl (C=O) groups is 1. The molecule has 2 aromatic rings. The van der Waals surface area contributed by atoms with Crippen LogP contribution in [0.5, 0.6) is 11.5 Å². The second-order valence-electron chi connectivity index (χ2n) is 11.7. The summed E-state index contributed by atoms with van der Waals surface area (Å²) in [5, 5.41) is 0. The van der Waals surface area contributed by atoms with Crippen LogP contribution in [0.2, 0.25) is 0 Å². The van der Waals surface area contributed by atoms with Crippen molar-refractivity contribution in [1.82, 2.24) is 5.48 Å². The van der Waals surface area contributed by atoms with E-state index in [1.165, 1.54) is 6.07 Å². The number of hydroxylamine groups is 1. The lowest BCUT2D eigenvalue weighted by atomic mass is 9.64. The van der Waals surface area contributed by atoms with Crippen molar-refractivity contribution < 1.29 is 37.0 Å². The zero-order valence-corrected chi connectivity index (χ0v) is 23.1. The van der Waals surface area contributed by atoms with Gasteiger partial charge < -0.3 is 14.2 Å². The highest BCUT2D eigenvalue weighted by Gasteiger charge is 2.55. The fourth-order valence-corrected chi connectivity index (χ4v) is 5.69. The Morgan fingerprint density at radius 1 is 1.13 bits per heavy atom. The van der Waals surface area contributed by atoms with Gasteiger partial charge in [0.15, 0.2) is 6.61 Å². The van der Waals surface area contributed by atoms with Gasteiger partial charge in [0, 0.05) is 17.9 Å². The van der Waals surface area contributed by atoms with Crippen LogP contribution in [0, 0.1) is 5.92 Å². The van der Waals surface area contributed by atoms with E-state index in [0.717, 1.165) is 12.0 Å². The summed E-state index contributed by atoms with van der Waals surface area (Å²) in [5.74, 6) is -0.309. The molecule has 1 unspecified atom stereocenters. The minimum absolute atomic E-state index is 0.0936. The van der Waals surface area contributed by atoms with Gasteiger partial charge in [0.1, 0.15) is 17.1 Å². The standard InChI is InChI=1S/C30H38F3NO5/c1-19(2)37-25-14-13-21(36-18-30(31,32)33)16-23(25)24-17-29(39-34-24)15-9-12-22(27(35)38-28(3,4)5)26(29)20-10-7-6-8-11-20/h6-8,10-11,13-14,16,19,22,24,26,34H,9,12,15,17-18H2,1-5H3/t22?,24-,26-,29-/m1/s1. The third kappa shape index (κ3) is 7.25. The minimum Gasteiger partial charge on any atom is -0.491 e. The molecular formula is C30H38F3NO5. The van der Waals surface area contributed by atoms with E-state index in [2.05, 4.69) is 5.48 Å². The third-order valence-electron chi connectivity index (χ3n) is 7.03. The fourth-order valence-electron chi connectivity index (χ4n) is 5.69. The van der Waals surface area contributed by atoms with E-state index in [-0.39, 0.29) is 23.7 Å². The van der Waals surface area contributed by atoms with E-state index in [9.17, 15) is 18.0 Å². The molecule has 9 heteroatoms. The molecule has 1 saturated heterocycles. The van der Waals surface area contributed by atoms with Gasteiger partial charge >= 0.3 is 12.1 Å². The Labute approximate surface area is 228 Å². The monoisotopic (exact) mass is 549 g/mol. The van der Waals surface area contributed by atoms with Crippen LogP contribution < -0.4 is 15.0 Å². The van der Waals surface area contributed by atoms with Crippen molar-refractivity contribution >= 4 is 5.97 Å². The van der Waals surface area contributed by atoms with Gasteiger partial charge in [0.2, 0.25) is 0 Å². The Morgan fingerprint density at radius 2 is 1.85 bits per heavy atom. The molecule has 1 aliphatic heterocycles. The van der Waals surface area contributed by atoms with Crippen molar-refractivity contribution in [3.63, 3.8) is 0 Å². The van der Waals surface area contributed by atoms with Crippen LogP contribution in [-0.2, 0) is 14.4 Å². The van der Waals surface area contributed by atoms with E-state index in [1.807, 2.05) is 65.0 Å². The first-order chi connectivity index (χ1) is 18.3. The SMILES string of the molecule is CC(C)Oc1ccc(OCC(F)(F)F)cc1[C@H]1C[C@@]2(CCCC(C(=O)OC(C)(C)C)[C@H]2c2ccccc2)ON1. The zero-order valence-electron chi connectivity index (χ0n) is 23.1. The number of esters is 1. The summed E-state index contributed by atoms with van der Waals surface area (Å²) in [4.78, 5) is 19.8. The van der Waals surface area contributed by atoms with Gasteiger partial charge in [0.05, 0.1) is 23.7 Å². The molecule has 4 rings (SSSR count). The molecule has 39 heavy (non-hydrogen) atoms. The summed E-state index contributed by atoms with van der Waals surface area (Å²) in [6, 6.07) is 14.1. The van der Waals surface area contributed by atoms with Crippen molar-refractivity contribution in [3.05, 3.63) is 59.7 Å². The van der Waals surface area contributed by atoms with Crippen LogP contribution in [-0.4, -0.2) is 36.1 Å². The van der Waals surface area contributed by atoms with E-state index in [4.69, 9.17) is 19.0 Å². The first-order valence-corrected chi connectivity index (χ1v) is 13.5. The molecule has 0 radical (unpaired) electrons. The Balaban J connectivity index is 1.68. The van der Waals surface area contributed by atoms with Gasteiger partial charge in [-0.15, -0.1) is 0 Å². The largest absolute Gasteiger partial charge is 0.491 e. The molecule has 1 saturated carbocycles. The van der Waals surface area contributed by atoms with Crippen LogP contribution in [0.25, 0.3) is 0 Å². The molecule has 1 N–H and O–H groups in total. The molecule has 6 nitrogen and oxygen atoms in total. The highest BCUT2D eigenvalue weighted by atomic mass is 19.4. The average molecular weight is 550 g/mol. The van der Waals surface area contributed by atoms with Crippen molar-refractivity contribution in [2.45, 2.75) is 95.7 Å². The molecule has 214 valence electrons. The minimum atomic E-state index is -4.45.